The van der Waals surface area contributed by atoms with Gasteiger partial charge in [0, 0.05) is 11.3 Å². The van der Waals surface area contributed by atoms with Crippen LogP contribution in [0.5, 0.6) is 0 Å². The Hall–Kier alpha value is -1.09. The second kappa shape index (κ2) is 5.85. The first kappa shape index (κ1) is 13.0. The number of halogens is 1. The molecule has 0 aliphatic heterocycles. The molecule has 0 N–H and O–H groups in total. The molecule has 0 aromatic carbocycles. The highest BCUT2D eigenvalue weighted by Crippen LogP contribution is 2.20. The van der Waals surface area contributed by atoms with E-state index in [0.29, 0.717) is 16.3 Å². The largest absolute Gasteiger partial charge is 0.465 e. The molecule has 16 heavy (non-hydrogen) atoms. The van der Waals surface area contributed by atoms with Crippen LogP contribution in [0.3, 0.4) is 0 Å². The summed E-state index contributed by atoms with van der Waals surface area (Å²) in [6.45, 7) is 3.88. The molecule has 0 saturated carbocycles. The number of rotatable bonds is 4. The Bertz CT molecular complexity index is 391. The van der Waals surface area contributed by atoms with Crippen molar-refractivity contribution in [2.24, 2.45) is 0 Å². The highest BCUT2D eigenvalue weighted by molar-refractivity contribution is 6.30. The molecule has 1 aromatic rings. The zero-order valence-corrected chi connectivity index (χ0v) is 10.6. The summed E-state index contributed by atoms with van der Waals surface area (Å²) in [6.07, 6.45) is 2.95. The number of aryl methyl sites for hydroxylation is 1. The van der Waals surface area contributed by atoms with Crippen molar-refractivity contribution in [2.75, 3.05) is 7.11 Å². The van der Waals surface area contributed by atoms with Gasteiger partial charge >= 0.3 is 5.97 Å². The zero-order chi connectivity index (χ0) is 12.1. The molecule has 0 unspecified atom stereocenters. The van der Waals surface area contributed by atoms with Crippen molar-refractivity contribution in [1.29, 1.82) is 0 Å². The predicted octanol–water partition coefficient (Wildman–Crippen LogP) is 3.17. The normalized spacial score (nSPS) is 10.2. The highest BCUT2D eigenvalue weighted by atomic mass is 35.5. The van der Waals surface area contributed by atoms with Crippen LogP contribution in [0.25, 0.3) is 0 Å². The van der Waals surface area contributed by atoms with E-state index in [0.717, 1.165) is 25.0 Å². The molecule has 1 aromatic heterocycles. The maximum atomic E-state index is 11.5. The SMILES string of the molecule is CCCCc1cc(C(=O)OC)c(C)c(Cl)n1. The van der Waals surface area contributed by atoms with Gasteiger partial charge in [-0.25, -0.2) is 9.78 Å². The fourth-order valence-electron chi connectivity index (χ4n) is 1.44. The number of ether oxygens (including phenoxy) is 1. The van der Waals surface area contributed by atoms with Gasteiger partial charge < -0.3 is 4.74 Å². The van der Waals surface area contributed by atoms with Crippen LogP contribution >= 0.6 is 11.6 Å². The van der Waals surface area contributed by atoms with E-state index in [9.17, 15) is 4.79 Å². The Morgan fingerprint density at radius 3 is 2.81 bits per heavy atom. The van der Waals surface area contributed by atoms with Gasteiger partial charge in [0.1, 0.15) is 5.15 Å². The maximum absolute atomic E-state index is 11.5. The van der Waals surface area contributed by atoms with Crippen LogP contribution in [0.4, 0.5) is 0 Å². The highest BCUT2D eigenvalue weighted by Gasteiger charge is 2.14. The zero-order valence-electron chi connectivity index (χ0n) is 9.84. The Labute approximate surface area is 101 Å². The van der Waals surface area contributed by atoms with Crippen LogP contribution in [0.15, 0.2) is 6.07 Å². The number of unbranched alkanes of at least 4 members (excludes halogenated alkanes) is 1. The van der Waals surface area contributed by atoms with Crippen LogP contribution in [0.1, 0.15) is 41.4 Å². The molecule has 0 saturated heterocycles. The van der Waals surface area contributed by atoms with Crippen LogP contribution in [-0.4, -0.2) is 18.1 Å². The van der Waals surface area contributed by atoms with Crippen LogP contribution in [0.2, 0.25) is 5.15 Å². The minimum atomic E-state index is -0.362. The molecule has 0 amide bonds. The Morgan fingerprint density at radius 1 is 1.56 bits per heavy atom. The standard InChI is InChI=1S/C12H16ClNO2/c1-4-5-6-9-7-10(12(15)16-3)8(2)11(13)14-9/h7H,4-6H2,1-3H3. The van der Waals surface area contributed by atoms with Crippen LogP contribution < -0.4 is 0 Å². The topological polar surface area (TPSA) is 39.2 Å². The number of hydrogen-bond acceptors (Lipinski definition) is 3. The van der Waals surface area contributed by atoms with Crippen molar-refractivity contribution in [1.82, 2.24) is 4.98 Å². The molecule has 0 bridgehead atoms. The lowest BCUT2D eigenvalue weighted by molar-refractivity contribution is 0.0599. The minimum absolute atomic E-state index is 0.362. The molecule has 4 heteroatoms. The van der Waals surface area contributed by atoms with Gasteiger partial charge in [-0.15, -0.1) is 0 Å². The van der Waals surface area contributed by atoms with Crippen molar-refractivity contribution in [3.63, 3.8) is 0 Å². The van der Waals surface area contributed by atoms with E-state index in [1.807, 2.05) is 0 Å². The van der Waals surface area contributed by atoms with Gasteiger partial charge in [-0.2, -0.15) is 0 Å². The summed E-state index contributed by atoms with van der Waals surface area (Å²) in [5.74, 6) is -0.362. The molecule has 0 fully saturated rings. The first-order valence-corrected chi connectivity index (χ1v) is 5.72. The molecule has 0 atom stereocenters. The van der Waals surface area contributed by atoms with Crippen molar-refractivity contribution in [3.8, 4) is 0 Å². The number of carbonyl (C=O) groups excluding carboxylic acids is 1. The second-order valence-corrected chi connectivity index (χ2v) is 4.03. The van der Waals surface area contributed by atoms with Gasteiger partial charge in [-0.3, -0.25) is 0 Å². The third-order valence-corrected chi connectivity index (χ3v) is 2.83. The van der Waals surface area contributed by atoms with E-state index in [4.69, 9.17) is 16.3 Å². The fraction of sp³-hybridized carbons (Fsp3) is 0.500. The maximum Gasteiger partial charge on any atom is 0.338 e. The molecule has 88 valence electrons. The minimum Gasteiger partial charge on any atom is -0.465 e. The average Bonchev–Trinajstić information content (AvgIpc) is 2.29. The second-order valence-electron chi connectivity index (χ2n) is 3.67. The number of aromatic nitrogens is 1. The molecular weight excluding hydrogens is 226 g/mol. The number of methoxy groups -OCH3 is 1. The smallest absolute Gasteiger partial charge is 0.338 e. The molecule has 0 aliphatic carbocycles. The first-order valence-electron chi connectivity index (χ1n) is 5.34. The Morgan fingerprint density at radius 2 is 2.25 bits per heavy atom. The molecule has 1 heterocycles. The molecule has 0 radical (unpaired) electrons. The van der Waals surface area contributed by atoms with E-state index >= 15 is 0 Å². The predicted molar refractivity (Wildman–Crippen MR) is 63.9 cm³/mol. The summed E-state index contributed by atoms with van der Waals surface area (Å²) in [7, 11) is 1.36. The van der Waals surface area contributed by atoms with Gasteiger partial charge in [-0.1, -0.05) is 24.9 Å². The van der Waals surface area contributed by atoms with E-state index < -0.39 is 0 Å². The molecule has 0 aliphatic rings. The van der Waals surface area contributed by atoms with E-state index in [1.54, 1.807) is 13.0 Å². The van der Waals surface area contributed by atoms with E-state index in [2.05, 4.69) is 11.9 Å². The molecular formula is C12H16ClNO2. The summed E-state index contributed by atoms with van der Waals surface area (Å²) in [6, 6.07) is 1.77. The molecule has 0 spiro atoms. The molecule has 3 nitrogen and oxygen atoms in total. The van der Waals surface area contributed by atoms with E-state index in [-0.39, 0.29) is 5.97 Å². The quantitative estimate of drug-likeness (QED) is 0.600. The summed E-state index contributed by atoms with van der Waals surface area (Å²) in [5.41, 5.74) is 2.03. The molecule has 1 rings (SSSR count). The van der Waals surface area contributed by atoms with Crippen molar-refractivity contribution >= 4 is 17.6 Å². The summed E-state index contributed by atoms with van der Waals surface area (Å²) in [4.78, 5) is 15.7. The van der Waals surface area contributed by atoms with Gasteiger partial charge in [0.15, 0.2) is 0 Å². The average molecular weight is 242 g/mol. The summed E-state index contributed by atoms with van der Waals surface area (Å²) in [5, 5.41) is 0.383. The van der Waals surface area contributed by atoms with Gasteiger partial charge in [0.2, 0.25) is 0 Å². The third kappa shape index (κ3) is 2.95. The summed E-state index contributed by atoms with van der Waals surface area (Å²) >= 11 is 5.98. The number of esters is 1. The van der Waals surface area contributed by atoms with Gasteiger partial charge in [0.05, 0.1) is 12.7 Å². The fourth-order valence-corrected chi connectivity index (χ4v) is 1.65. The lowest BCUT2D eigenvalue weighted by Crippen LogP contribution is -2.07. The Balaban J connectivity index is 3.06. The van der Waals surface area contributed by atoms with Crippen LogP contribution in [0, 0.1) is 6.92 Å². The van der Waals surface area contributed by atoms with E-state index in [1.165, 1.54) is 7.11 Å². The number of carbonyl (C=O) groups is 1. The first-order chi connectivity index (χ1) is 7.60. The monoisotopic (exact) mass is 241 g/mol. The van der Waals surface area contributed by atoms with Crippen molar-refractivity contribution in [3.05, 3.63) is 28.0 Å². The Kier molecular flexibility index (Phi) is 4.74. The van der Waals surface area contributed by atoms with Crippen molar-refractivity contribution < 1.29 is 9.53 Å². The number of hydrogen-bond donors (Lipinski definition) is 0. The lowest BCUT2D eigenvalue weighted by Gasteiger charge is -2.08. The van der Waals surface area contributed by atoms with Gasteiger partial charge in [0.25, 0.3) is 0 Å². The third-order valence-electron chi connectivity index (χ3n) is 2.46. The number of nitrogens with zero attached hydrogens (tertiary/aromatic N) is 1. The lowest BCUT2D eigenvalue weighted by atomic mass is 10.1. The van der Waals surface area contributed by atoms with Gasteiger partial charge in [-0.05, 0) is 25.8 Å². The van der Waals surface area contributed by atoms with Crippen LogP contribution in [-0.2, 0) is 11.2 Å². The summed E-state index contributed by atoms with van der Waals surface area (Å²) < 4.78 is 4.71. The van der Waals surface area contributed by atoms with Crippen molar-refractivity contribution in [2.45, 2.75) is 33.1 Å². The number of pyridine rings is 1.